The Morgan fingerprint density at radius 3 is 2.52 bits per heavy atom. The van der Waals surface area contributed by atoms with Crippen molar-refractivity contribution in [1.82, 2.24) is 9.80 Å². The highest BCUT2D eigenvalue weighted by molar-refractivity contribution is 5.99. The summed E-state index contributed by atoms with van der Waals surface area (Å²) in [7, 11) is 0. The Hall–Kier alpha value is -2.19. The molecule has 5 atom stereocenters. The van der Waals surface area contributed by atoms with Gasteiger partial charge in [-0.1, -0.05) is 39.0 Å². The molecule has 0 bridgehead atoms. The van der Waals surface area contributed by atoms with Gasteiger partial charge in [-0.05, 0) is 38.2 Å². The average molecular weight is 461 g/mol. The van der Waals surface area contributed by atoms with Gasteiger partial charge in [-0.15, -0.1) is 0 Å². The lowest BCUT2D eigenvalue weighted by atomic mass is 9.77. The second kappa shape index (κ2) is 8.24. The third-order valence-electron chi connectivity index (χ3n) is 7.16. The Kier molecular flexibility index (Phi) is 5.98. The first-order valence-corrected chi connectivity index (χ1v) is 11.8. The van der Waals surface area contributed by atoms with Crippen molar-refractivity contribution in [3.8, 4) is 0 Å². The Morgan fingerprint density at radius 1 is 1.12 bits per heavy atom. The van der Waals surface area contributed by atoms with Crippen molar-refractivity contribution < 1.29 is 29.0 Å². The minimum Gasteiger partial charge on any atom is -0.461 e. The van der Waals surface area contributed by atoms with Crippen molar-refractivity contribution in [2.45, 2.75) is 70.7 Å². The fourth-order valence-corrected chi connectivity index (χ4v) is 6.39. The second-order valence-electron chi connectivity index (χ2n) is 11.4. The molecule has 2 amide bonds. The summed E-state index contributed by atoms with van der Waals surface area (Å²) in [6, 6.07) is -0.896. The third-order valence-corrected chi connectivity index (χ3v) is 7.16. The Labute approximate surface area is 195 Å². The van der Waals surface area contributed by atoms with Gasteiger partial charge in [0.15, 0.2) is 0 Å². The van der Waals surface area contributed by atoms with E-state index in [0.29, 0.717) is 13.0 Å². The summed E-state index contributed by atoms with van der Waals surface area (Å²) in [5.74, 6) is -2.59. The predicted molar refractivity (Wildman–Crippen MR) is 121 cm³/mol. The molecule has 8 heteroatoms. The first kappa shape index (κ1) is 24.0. The molecule has 2 saturated heterocycles. The normalized spacial score (nSPS) is 34.1. The summed E-state index contributed by atoms with van der Waals surface area (Å²) in [6.07, 6.45) is 7.72. The standard InChI is InChI=1S/C25H36N2O6/c1-23(2,3)15-24(4,5)27-12-7-10-25-18(17-16(33-25)9-6-14-32-22(17)31)20(29)26(11-8-13-28)19(25)21(27)30/h6-7,9-10,16-19,28H,8,11-15H2,1-5H3/t16-,17+,18+,19?,25+/m1/s1. The lowest BCUT2D eigenvalue weighted by molar-refractivity contribution is -0.154. The van der Waals surface area contributed by atoms with Crippen molar-refractivity contribution >= 4 is 17.8 Å². The van der Waals surface area contributed by atoms with Gasteiger partial charge in [-0.3, -0.25) is 14.4 Å². The van der Waals surface area contributed by atoms with Crippen LogP contribution in [-0.4, -0.2) is 82.3 Å². The molecule has 4 rings (SSSR count). The van der Waals surface area contributed by atoms with E-state index in [1.54, 1.807) is 12.2 Å². The van der Waals surface area contributed by atoms with Crippen molar-refractivity contribution in [2.75, 3.05) is 26.3 Å². The lowest BCUT2D eigenvalue weighted by Gasteiger charge is -2.44. The van der Waals surface area contributed by atoms with Crippen LogP contribution in [0.4, 0.5) is 0 Å². The number of rotatable bonds is 5. The molecule has 0 aromatic rings. The molecule has 33 heavy (non-hydrogen) atoms. The fraction of sp³-hybridized carbons (Fsp3) is 0.720. The number of aliphatic hydroxyl groups is 1. The van der Waals surface area contributed by atoms with Gasteiger partial charge >= 0.3 is 5.97 Å². The molecule has 182 valence electrons. The van der Waals surface area contributed by atoms with E-state index in [-0.39, 0.29) is 37.0 Å². The Balaban J connectivity index is 1.79. The topological polar surface area (TPSA) is 96.4 Å². The number of nitrogens with zero attached hydrogens (tertiary/aromatic N) is 2. The quantitative estimate of drug-likeness (QED) is 0.495. The summed E-state index contributed by atoms with van der Waals surface area (Å²) in [6.45, 7) is 11.2. The van der Waals surface area contributed by atoms with Gasteiger partial charge in [-0.25, -0.2) is 0 Å². The van der Waals surface area contributed by atoms with Crippen LogP contribution in [0.2, 0.25) is 0 Å². The summed E-state index contributed by atoms with van der Waals surface area (Å²) in [4.78, 5) is 44.1. The van der Waals surface area contributed by atoms with E-state index < -0.39 is 41.1 Å². The number of likely N-dealkylation sites (tertiary alicyclic amines) is 1. The second-order valence-corrected chi connectivity index (χ2v) is 11.4. The number of aliphatic hydroxyl groups excluding tert-OH is 1. The molecule has 4 heterocycles. The summed E-state index contributed by atoms with van der Waals surface area (Å²) < 4.78 is 11.8. The molecule has 4 aliphatic rings. The Bertz CT molecular complexity index is 888. The van der Waals surface area contributed by atoms with Crippen LogP contribution in [-0.2, 0) is 23.9 Å². The van der Waals surface area contributed by atoms with Crippen LogP contribution in [0.3, 0.4) is 0 Å². The number of hydrogen-bond donors (Lipinski definition) is 1. The predicted octanol–water partition coefficient (Wildman–Crippen LogP) is 1.68. The number of amides is 2. The number of carbonyl (C=O) groups is 3. The number of fused-ring (bicyclic) bond motifs is 2. The van der Waals surface area contributed by atoms with E-state index in [1.165, 1.54) is 4.90 Å². The zero-order chi connectivity index (χ0) is 24.2. The number of carbonyl (C=O) groups excluding carboxylic acids is 3. The molecule has 0 aliphatic carbocycles. The summed E-state index contributed by atoms with van der Waals surface area (Å²) in [5.41, 5.74) is -1.71. The fourth-order valence-electron chi connectivity index (χ4n) is 6.39. The van der Waals surface area contributed by atoms with Crippen LogP contribution in [0, 0.1) is 17.3 Å². The average Bonchev–Trinajstić information content (AvgIpc) is 2.98. The minimum atomic E-state index is -1.24. The van der Waals surface area contributed by atoms with E-state index in [1.807, 2.05) is 30.9 Å². The maximum absolute atomic E-state index is 14.2. The highest BCUT2D eigenvalue weighted by Gasteiger charge is 2.72. The molecule has 0 radical (unpaired) electrons. The van der Waals surface area contributed by atoms with Crippen molar-refractivity contribution in [3.63, 3.8) is 0 Å². The smallest absolute Gasteiger partial charge is 0.313 e. The highest BCUT2D eigenvalue weighted by Crippen LogP contribution is 2.53. The zero-order valence-corrected chi connectivity index (χ0v) is 20.2. The van der Waals surface area contributed by atoms with Gasteiger partial charge in [0.05, 0.1) is 12.0 Å². The van der Waals surface area contributed by atoms with E-state index in [9.17, 15) is 19.5 Å². The van der Waals surface area contributed by atoms with Crippen LogP contribution in [0.15, 0.2) is 24.3 Å². The molecule has 8 nitrogen and oxygen atoms in total. The van der Waals surface area contributed by atoms with E-state index in [0.717, 1.165) is 6.42 Å². The van der Waals surface area contributed by atoms with Crippen molar-refractivity contribution in [3.05, 3.63) is 24.3 Å². The number of esters is 1. The molecule has 1 N–H and O–H groups in total. The van der Waals surface area contributed by atoms with Crippen molar-refractivity contribution in [2.24, 2.45) is 17.3 Å². The molecular formula is C25H36N2O6. The van der Waals surface area contributed by atoms with Gasteiger partial charge in [0.1, 0.15) is 24.2 Å². The molecule has 4 aliphatic heterocycles. The molecule has 1 unspecified atom stereocenters. The van der Waals surface area contributed by atoms with Gasteiger partial charge in [0.25, 0.3) is 0 Å². The first-order valence-electron chi connectivity index (χ1n) is 11.8. The van der Waals surface area contributed by atoms with Crippen LogP contribution >= 0.6 is 0 Å². The van der Waals surface area contributed by atoms with E-state index in [4.69, 9.17) is 9.47 Å². The number of hydrogen-bond acceptors (Lipinski definition) is 6. The third kappa shape index (κ3) is 3.91. The largest absolute Gasteiger partial charge is 0.461 e. The van der Waals surface area contributed by atoms with Crippen LogP contribution in [0.5, 0.6) is 0 Å². The zero-order valence-electron chi connectivity index (χ0n) is 20.2. The first-order chi connectivity index (χ1) is 15.4. The Morgan fingerprint density at radius 2 is 1.85 bits per heavy atom. The minimum absolute atomic E-state index is 0.00625. The van der Waals surface area contributed by atoms with Gasteiger partial charge < -0.3 is 24.4 Å². The summed E-state index contributed by atoms with van der Waals surface area (Å²) in [5, 5.41) is 9.45. The molecule has 2 fully saturated rings. The van der Waals surface area contributed by atoms with Gasteiger partial charge in [-0.2, -0.15) is 0 Å². The molecule has 0 saturated carbocycles. The molecule has 1 spiro atoms. The SMILES string of the molecule is CC(C)(C)CC(C)(C)N1CC=C[C@]23O[C@@H]4C=CCOC(=O)[C@@H]4[C@H]2C(=O)N(CCCO)C3C1=O. The van der Waals surface area contributed by atoms with Gasteiger partial charge in [0, 0.05) is 25.2 Å². The number of ether oxygens (including phenoxy) is 2. The molecule has 0 aromatic carbocycles. The summed E-state index contributed by atoms with van der Waals surface area (Å²) >= 11 is 0. The van der Waals surface area contributed by atoms with Gasteiger partial charge in [0.2, 0.25) is 11.8 Å². The van der Waals surface area contributed by atoms with E-state index in [2.05, 4.69) is 20.8 Å². The van der Waals surface area contributed by atoms with Crippen LogP contribution in [0.1, 0.15) is 47.5 Å². The molecular weight excluding hydrogens is 424 g/mol. The molecule has 0 aromatic heterocycles. The van der Waals surface area contributed by atoms with E-state index >= 15 is 0 Å². The highest BCUT2D eigenvalue weighted by atomic mass is 16.6. The lowest BCUT2D eigenvalue weighted by Crippen LogP contribution is -2.60. The number of cyclic esters (lactones) is 1. The maximum Gasteiger partial charge on any atom is 0.313 e. The van der Waals surface area contributed by atoms with Crippen LogP contribution in [0.25, 0.3) is 0 Å². The van der Waals surface area contributed by atoms with Crippen LogP contribution < -0.4 is 0 Å². The maximum atomic E-state index is 14.2. The monoisotopic (exact) mass is 460 g/mol. The van der Waals surface area contributed by atoms with Crippen molar-refractivity contribution in [1.29, 1.82) is 0 Å².